The summed E-state index contributed by atoms with van der Waals surface area (Å²) in [4.78, 5) is 23.3. The third kappa shape index (κ3) is 2.27. The summed E-state index contributed by atoms with van der Waals surface area (Å²) in [5.41, 5.74) is 1.95. The Hall–Kier alpha value is -2.10. The number of carbonyl (C=O) groups is 2. The van der Waals surface area contributed by atoms with Crippen molar-refractivity contribution in [1.29, 1.82) is 0 Å². The fourth-order valence-electron chi connectivity index (χ4n) is 2.08. The topological polar surface area (TPSA) is 52.6 Å². The van der Waals surface area contributed by atoms with Gasteiger partial charge in [-0.3, -0.25) is 4.79 Å². The Bertz CT molecular complexity index is 502. The summed E-state index contributed by atoms with van der Waals surface area (Å²) in [5, 5.41) is 0. The molecule has 0 saturated heterocycles. The van der Waals surface area contributed by atoms with Gasteiger partial charge in [-0.25, -0.2) is 4.79 Å². The lowest BCUT2D eigenvalue weighted by atomic mass is 9.92. The normalized spacial score (nSPS) is 19.4. The lowest BCUT2D eigenvalue weighted by Gasteiger charge is -2.24. The maximum Gasteiger partial charge on any atom is 0.337 e. The van der Waals surface area contributed by atoms with Crippen LogP contribution in [-0.2, 0) is 19.1 Å². The molecule has 18 heavy (non-hydrogen) atoms. The molecule has 94 valence electrons. The zero-order chi connectivity index (χ0) is 13.1. The molecular weight excluding hydrogens is 232 g/mol. The third-order valence-corrected chi connectivity index (χ3v) is 2.89. The number of benzene rings is 1. The molecule has 0 saturated carbocycles. The molecule has 0 spiro atoms. The molecule has 0 N–H and O–H groups in total. The van der Waals surface area contributed by atoms with Crippen molar-refractivity contribution in [3.8, 4) is 0 Å². The quantitative estimate of drug-likeness (QED) is 0.748. The van der Waals surface area contributed by atoms with Crippen LogP contribution in [0.4, 0.5) is 0 Å². The Labute approximate surface area is 105 Å². The van der Waals surface area contributed by atoms with Gasteiger partial charge in [0.15, 0.2) is 0 Å². The van der Waals surface area contributed by atoms with Crippen LogP contribution < -0.4 is 0 Å². The van der Waals surface area contributed by atoms with E-state index < -0.39 is 12.1 Å². The third-order valence-electron chi connectivity index (χ3n) is 2.89. The van der Waals surface area contributed by atoms with Crippen molar-refractivity contribution >= 4 is 17.5 Å². The Morgan fingerprint density at radius 2 is 2.00 bits per heavy atom. The van der Waals surface area contributed by atoms with Crippen molar-refractivity contribution in [3.05, 3.63) is 41.5 Å². The van der Waals surface area contributed by atoms with Crippen molar-refractivity contribution in [2.75, 3.05) is 7.11 Å². The van der Waals surface area contributed by atoms with Gasteiger partial charge in [0.05, 0.1) is 19.1 Å². The molecule has 0 amide bonds. The van der Waals surface area contributed by atoms with Crippen molar-refractivity contribution in [2.24, 2.45) is 0 Å². The van der Waals surface area contributed by atoms with E-state index in [1.165, 1.54) is 7.11 Å². The fourth-order valence-corrected chi connectivity index (χ4v) is 2.08. The molecule has 1 unspecified atom stereocenters. The zero-order valence-electron chi connectivity index (χ0n) is 10.3. The fraction of sp³-hybridized carbons (Fsp3) is 0.286. The van der Waals surface area contributed by atoms with E-state index in [9.17, 15) is 9.59 Å². The van der Waals surface area contributed by atoms with Crippen LogP contribution in [-0.4, -0.2) is 25.2 Å². The number of cyclic esters (lactones) is 1. The number of carbonyl (C=O) groups excluding carboxylic acids is 2. The molecule has 4 heteroatoms. The van der Waals surface area contributed by atoms with Crippen LogP contribution in [0.25, 0.3) is 5.57 Å². The highest BCUT2D eigenvalue weighted by Gasteiger charge is 2.31. The number of methoxy groups -OCH3 is 1. The van der Waals surface area contributed by atoms with Crippen LogP contribution in [0.2, 0.25) is 0 Å². The van der Waals surface area contributed by atoms with Crippen molar-refractivity contribution in [3.63, 3.8) is 0 Å². The molecule has 1 aromatic rings. The molecule has 0 bridgehead atoms. The zero-order valence-corrected chi connectivity index (χ0v) is 10.3. The van der Waals surface area contributed by atoms with E-state index in [1.807, 2.05) is 30.3 Å². The molecule has 1 aromatic carbocycles. The maximum atomic E-state index is 11.8. The number of ether oxygens (including phenoxy) is 2. The smallest absolute Gasteiger partial charge is 0.337 e. The maximum absolute atomic E-state index is 11.8. The van der Waals surface area contributed by atoms with Gasteiger partial charge in [-0.15, -0.1) is 0 Å². The predicted octanol–water partition coefficient (Wildman–Crippen LogP) is 1.95. The van der Waals surface area contributed by atoms with E-state index >= 15 is 0 Å². The summed E-state index contributed by atoms with van der Waals surface area (Å²) in [6.07, 6.45) is -0.479. The summed E-state index contributed by atoms with van der Waals surface area (Å²) < 4.78 is 9.83. The van der Waals surface area contributed by atoms with E-state index in [2.05, 4.69) is 0 Å². The largest absolute Gasteiger partial charge is 0.466 e. The molecule has 0 aromatic heterocycles. The average molecular weight is 246 g/mol. The minimum atomic E-state index is -0.575. The first kappa shape index (κ1) is 12.4. The standard InChI is InChI=1S/C14H14O4/c1-9-13(14(16)17-2)11(8-12(15)18-9)10-6-4-3-5-7-10/h3-7,9H,8H2,1-2H3. The van der Waals surface area contributed by atoms with Crippen LogP contribution in [0.3, 0.4) is 0 Å². The Balaban J connectivity index is 2.54. The van der Waals surface area contributed by atoms with Gasteiger partial charge in [-0.2, -0.15) is 0 Å². The van der Waals surface area contributed by atoms with Crippen molar-refractivity contribution in [2.45, 2.75) is 19.4 Å². The van der Waals surface area contributed by atoms with Gasteiger partial charge in [0.25, 0.3) is 0 Å². The second-order valence-electron chi connectivity index (χ2n) is 4.06. The molecule has 1 atom stereocenters. The van der Waals surface area contributed by atoms with Gasteiger partial charge in [0.1, 0.15) is 6.10 Å². The van der Waals surface area contributed by atoms with Crippen LogP contribution in [0, 0.1) is 0 Å². The van der Waals surface area contributed by atoms with Gasteiger partial charge in [-0.05, 0) is 18.1 Å². The van der Waals surface area contributed by atoms with Gasteiger partial charge in [0.2, 0.25) is 0 Å². The molecule has 0 aliphatic carbocycles. The predicted molar refractivity (Wildman–Crippen MR) is 65.5 cm³/mol. The summed E-state index contributed by atoms with van der Waals surface area (Å²) >= 11 is 0. The van der Waals surface area contributed by atoms with Crippen LogP contribution in [0.15, 0.2) is 35.9 Å². The van der Waals surface area contributed by atoms with E-state index in [-0.39, 0.29) is 12.4 Å². The molecule has 1 aliphatic heterocycles. The first-order chi connectivity index (χ1) is 8.63. The molecule has 1 aliphatic rings. The van der Waals surface area contributed by atoms with Crippen LogP contribution >= 0.6 is 0 Å². The summed E-state index contributed by atoms with van der Waals surface area (Å²) in [6, 6.07) is 9.34. The minimum absolute atomic E-state index is 0.0960. The van der Waals surface area contributed by atoms with Crippen molar-refractivity contribution in [1.82, 2.24) is 0 Å². The molecule has 1 heterocycles. The highest BCUT2D eigenvalue weighted by molar-refractivity contribution is 6.03. The minimum Gasteiger partial charge on any atom is -0.466 e. The molecule has 2 rings (SSSR count). The Morgan fingerprint density at radius 1 is 1.33 bits per heavy atom. The summed E-state index contributed by atoms with van der Waals surface area (Å²) in [5.74, 6) is -0.775. The Morgan fingerprint density at radius 3 is 2.61 bits per heavy atom. The first-order valence-electron chi connectivity index (χ1n) is 5.69. The first-order valence-corrected chi connectivity index (χ1v) is 5.69. The van der Waals surface area contributed by atoms with Gasteiger partial charge < -0.3 is 9.47 Å². The molecule has 0 fully saturated rings. The highest BCUT2D eigenvalue weighted by Crippen LogP contribution is 2.30. The number of hydrogen-bond acceptors (Lipinski definition) is 4. The van der Waals surface area contributed by atoms with Gasteiger partial charge in [-0.1, -0.05) is 30.3 Å². The number of esters is 2. The van der Waals surface area contributed by atoms with Gasteiger partial charge >= 0.3 is 11.9 Å². The second-order valence-corrected chi connectivity index (χ2v) is 4.06. The monoisotopic (exact) mass is 246 g/mol. The molecular formula is C14H14O4. The summed E-state index contributed by atoms with van der Waals surface area (Å²) in [7, 11) is 1.32. The lowest BCUT2D eigenvalue weighted by Crippen LogP contribution is -2.29. The van der Waals surface area contributed by atoms with E-state index in [0.29, 0.717) is 11.1 Å². The molecule has 0 radical (unpaired) electrons. The summed E-state index contributed by atoms with van der Waals surface area (Å²) in [6.45, 7) is 1.67. The second kappa shape index (κ2) is 5.04. The van der Waals surface area contributed by atoms with Gasteiger partial charge in [0, 0.05) is 0 Å². The van der Waals surface area contributed by atoms with Crippen molar-refractivity contribution < 1.29 is 19.1 Å². The molecule has 4 nitrogen and oxygen atoms in total. The van der Waals surface area contributed by atoms with E-state index in [0.717, 1.165) is 5.56 Å². The van der Waals surface area contributed by atoms with Crippen LogP contribution in [0.5, 0.6) is 0 Å². The van der Waals surface area contributed by atoms with Crippen LogP contribution in [0.1, 0.15) is 18.9 Å². The van der Waals surface area contributed by atoms with E-state index in [4.69, 9.17) is 9.47 Å². The Kier molecular flexibility index (Phi) is 3.46. The van der Waals surface area contributed by atoms with E-state index in [1.54, 1.807) is 6.92 Å². The number of rotatable bonds is 2. The highest BCUT2D eigenvalue weighted by atomic mass is 16.6. The SMILES string of the molecule is COC(=O)C1=C(c2ccccc2)CC(=O)OC1C. The lowest BCUT2D eigenvalue weighted by molar-refractivity contribution is -0.148. The average Bonchev–Trinajstić information content (AvgIpc) is 2.38. The number of hydrogen-bond donors (Lipinski definition) is 0.